The molecule has 2 aromatic rings. The lowest BCUT2D eigenvalue weighted by molar-refractivity contribution is 0.354. The Kier molecular flexibility index (Phi) is 5.31. The third-order valence-corrected chi connectivity index (χ3v) is 3.36. The van der Waals surface area contributed by atoms with E-state index in [1.165, 1.54) is 12.1 Å². The molecule has 0 atom stereocenters. The third-order valence-electron chi connectivity index (χ3n) is 3.36. The molecule has 4 heteroatoms. The van der Waals surface area contributed by atoms with Crippen molar-refractivity contribution in [2.75, 3.05) is 14.2 Å². The summed E-state index contributed by atoms with van der Waals surface area (Å²) in [6.07, 6.45) is 5.68. The van der Waals surface area contributed by atoms with Crippen molar-refractivity contribution >= 4 is 6.08 Å². The monoisotopic (exact) mass is 300 g/mol. The molecule has 0 saturated carbocycles. The lowest BCUT2D eigenvalue weighted by atomic mass is 10.1. The van der Waals surface area contributed by atoms with Crippen LogP contribution >= 0.6 is 0 Å². The SMILES string of the molecule is COc1ccc(CCC=Cc2ccc(O)c(O)c2)cc1OC. The van der Waals surface area contributed by atoms with Gasteiger partial charge in [0.15, 0.2) is 23.0 Å². The number of phenols is 2. The van der Waals surface area contributed by atoms with E-state index in [4.69, 9.17) is 9.47 Å². The predicted octanol–water partition coefficient (Wildman–Crippen LogP) is 3.76. The molecule has 2 N–H and O–H groups in total. The van der Waals surface area contributed by atoms with Crippen LogP contribution in [0.15, 0.2) is 42.5 Å². The van der Waals surface area contributed by atoms with Gasteiger partial charge in [-0.15, -0.1) is 0 Å². The maximum atomic E-state index is 9.43. The molecule has 0 aliphatic carbocycles. The number of rotatable bonds is 6. The van der Waals surface area contributed by atoms with Crippen LogP contribution in [-0.4, -0.2) is 24.4 Å². The lowest BCUT2D eigenvalue weighted by Crippen LogP contribution is -1.92. The Balaban J connectivity index is 1.95. The van der Waals surface area contributed by atoms with Crippen LogP contribution in [0.25, 0.3) is 6.08 Å². The minimum Gasteiger partial charge on any atom is -0.504 e. The van der Waals surface area contributed by atoms with Crippen LogP contribution in [0.5, 0.6) is 23.0 Å². The van der Waals surface area contributed by atoms with E-state index in [9.17, 15) is 10.2 Å². The molecule has 0 radical (unpaired) electrons. The average Bonchev–Trinajstić information content (AvgIpc) is 2.54. The van der Waals surface area contributed by atoms with Crippen molar-refractivity contribution < 1.29 is 19.7 Å². The van der Waals surface area contributed by atoms with Gasteiger partial charge in [0.25, 0.3) is 0 Å². The van der Waals surface area contributed by atoms with E-state index >= 15 is 0 Å². The molecule has 2 aromatic carbocycles. The highest BCUT2D eigenvalue weighted by Gasteiger charge is 2.03. The summed E-state index contributed by atoms with van der Waals surface area (Å²) in [6.45, 7) is 0. The fourth-order valence-electron chi connectivity index (χ4n) is 2.15. The lowest BCUT2D eigenvalue weighted by Gasteiger charge is -2.08. The van der Waals surface area contributed by atoms with Crippen molar-refractivity contribution in [3.8, 4) is 23.0 Å². The van der Waals surface area contributed by atoms with Gasteiger partial charge in [-0.1, -0.05) is 24.3 Å². The number of aryl methyl sites for hydroxylation is 1. The van der Waals surface area contributed by atoms with Crippen molar-refractivity contribution in [1.29, 1.82) is 0 Å². The number of aromatic hydroxyl groups is 2. The second-order valence-corrected chi connectivity index (χ2v) is 4.88. The molecule has 0 spiro atoms. The fraction of sp³-hybridized carbons (Fsp3) is 0.222. The number of hydrogen-bond acceptors (Lipinski definition) is 4. The van der Waals surface area contributed by atoms with Crippen LogP contribution in [-0.2, 0) is 6.42 Å². The Labute approximate surface area is 130 Å². The second kappa shape index (κ2) is 7.41. The summed E-state index contributed by atoms with van der Waals surface area (Å²) in [5.74, 6) is 1.23. The summed E-state index contributed by atoms with van der Waals surface area (Å²) in [7, 11) is 3.24. The van der Waals surface area contributed by atoms with Crippen LogP contribution in [0.4, 0.5) is 0 Å². The Bertz CT molecular complexity index is 662. The summed E-state index contributed by atoms with van der Waals surface area (Å²) >= 11 is 0. The van der Waals surface area contributed by atoms with Gasteiger partial charge in [0.1, 0.15) is 0 Å². The van der Waals surface area contributed by atoms with E-state index in [0.29, 0.717) is 0 Å². The number of methoxy groups -OCH3 is 2. The zero-order chi connectivity index (χ0) is 15.9. The van der Waals surface area contributed by atoms with Crippen molar-refractivity contribution in [1.82, 2.24) is 0 Å². The first-order valence-corrected chi connectivity index (χ1v) is 7.03. The molecule has 0 aliphatic rings. The highest BCUT2D eigenvalue weighted by molar-refractivity contribution is 5.55. The van der Waals surface area contributed by atoms with Gasteiger partial charge in [-0.25, -0.2) is 0 Å². The molecule has 0 unspecified atom stereocenters. The van der Waals surface area contributed by atoms with Crippen LogP contribution in [0.1, 0.15) is 17.5 Å². The van der Waals surface area contributed by atoms with E-state index in [2.05, 4.69) is 0 Å². The average molecular weight is 300 g/mol. The molecule has 0 fully saturated rings. The summed E-state index contributed by atoms with van der Waals surface area (Å²) in [5, 5.41) is 18.7. The largest absolute Gasteiger partial charge is 0.504 e. The number of phenolic OH excluding ortho intramolecular Hbond substituents is 2. The van der Waals surface area contributed by atoms with E-state index in [0.717, 1.165) is 35.5 Å². The van der Waals surface area contributed by atoms with Crippen LogP contribution in [0, 0.1) is 0 Å². The van der Waals surface area contributed by atoms with Gasteiger partial charge in [0.05, 0.1) is 14.2 Å². The summed E-state index contributed by atoms with van der Waals surface area (Å²) in [6, 6.07) is 10.6. The highest BCUT2D eigenvalue weighted by Crippen LogP contribution is 2.28. The minimum atomic E-state index is -0.109. The molecule has 0 saturated heterocycles. The number of hydrogen-bond donors (Lipinski definition) is 2. The van der Waals surface area contributed by atoms with Crippen molar-refractivity contribution in [2.24, 2.45) is 0 Å². The Morgan fingerprint density at radius 1 is 0.909 bits per heavy atom. The Morgan fingerprint density at radius 3 is 2.36 bits per heavy atom. The topological polar surface area (TPSA) is 58.9 Å². The molecule has 0 bridgehead atoms. The van der Waals surface area contributed by atoms with Crippen molar-refractivity contribution in [2.45, 2.75) is 12.8 Å². The standard InChI is InChI=1S/C18H20O4/c1-21-17-10-8-14(12-18(17)22-2)6-4-3-5-13-7-9-15(19)16(20)11-13/h3,5,7-12,19-20H,4,6H2,1-2H3. The van der Waals surface area contributed by atoms with Gasteiger partial charge in [0, 0.05) is 0 Å². The first-order chi connectivity index (χ1) is 10.6. The number of benzene rings is 2. The predicted molar refractivity (Wildman–Crippen MR) is 86.7 cm³/mol. The van der Waals surface area contributed by atoms with Crippen LogP contribution in [0.2, 0.25) is 0 Å². The molecule has 4 nitrogen and oxygen atoms in total. The Morgan fingerprint density at radius 2 is 1.68 bits per heavy atom. The third kappa shape index (κ3) is 3.95. The molecular formula is C18H20O4. The van der Waals surface area contributed by atoms with E-state index < -0.39 is 0 Å². The van der Waals surface area contributed by atoms with Crippen LogP contribution < -0.4 is 9.47 Å². The van der Waals surface area contributed by atoms with Gasteiger partial charge in [-0.2, -0.15) is 0 Å². The van der Waals surface area contributed by atoms with Gasteiger partial charge >= 0.3 is 0 Å². The van der Waals surface area contributed by atoms with E-state index in [1.54, 1.807) is 20.3 Å². The first kappa shape index (κ1) is 15.8. The normalized spacial score (nSPS) is 10.8. The van der Waals surface area contributed by atoms with Crippen molar-refractivity contribution in [3.05, 3.63) is 53.6 Å². The van der Waals surface area contributed by atoms with Gasteiger partial charge in [-0.3, -0.25) is 0 Å². The Hall–Kier alpha value is -2.62. The number of allylic oxidation sites excluding steroid dienone is 1. The quantitative estimate of drug-likeness (QED) is 0.797. The first-order valence-electron chi connectivity index (χ1n) is 7.03. The van der Waals surface area contributed by atoms with E-state index in [1.807, 2.05) is 30.4 Å². The van der Waals surface area contributed by atoms with Crippen molar-refractivity contribution in [3.63, 3.8) is 0 Å². The van der Waals surface area contributed by atoms with Crippen LogP contribution in [0.3, 0.4) is 0 Å². The molecular weight excluding hydrogens is 280 g/mol. The molecule has 0 amide bonds. The summed E-state index contributed by atoms with van der Waals surface area (Å²) < 4.78 is 10.5. The van der Waals surface area contributed by atoms with E-state index in [-0.39, 0.29) is 11.5 Å². The molecule has 22 heavy (non-hydrogen) atoms. The fourth-order valence-corrected chi connectivity index (χ4v) is 2.15. The highest BCUT2D eigenvalue weighted by atomic mass is 16.5. The number of ether oxygens (including phenoxy) is 2. The van der Waals surface area contributed by atoms with Gasteiger partial charge in [0.2, 0.25) is 0 Å². The summed E-state index contributed by atoms with van der Waals surface area (Å²) in [4.78, 5) is 0. The zero-order valence-electron chi connectivity index (χ0n) is 12.7. The maximum Gasteiger partial charge on any atom is 0.160 e. The van der Waals surface area contributed by atoms with Gasteiger partial charge in [-0.05, 0) is 48.2 Å². The molecule has 2 rings (SSSR count). The molecule has 0 aliphatic heterocycles. The molecule has 0 aromatic heterocycles. The smallest absolute Gasteiger partial charge is 0.160 e. The second-order valence-electron chi connectivity index (χ2n) is 4.88. The summed E-state index contributed by atoms with van der Waals surface area (Å²) in [5.41, 5.74) is 2.01. The zero-order valence-corrected chi connectivity index (χ0v) is 12.7. The van der Waals surface area contributed by atoms with Gasteiger partial charge < -0.3 is 19.7 Å². The molecule has 0 heterocycles. The maximum absolute atomic E-state index is 9.43. The molecule has 116 valence electrons. The minimum absolute atomic E-state index is 0.109.